The first-order valence-corrected chi connectivity index (χ1v) is 20.5. The maximum absolute atomic E-state index is 17.4. The number of halogens is 2. The van der Waals surface area contributed by atoms with Gasteiger partial charge in [0.05, 0.1) is 28.1 Å². The van der Waals surface area contributed by atoms with Gasteiger partial charge >= 0.3 is 0 Å². The predicted molar refractivity (Wildman–Crippen MR) is 230 cm³/mol. The first-order chi connectivity index (χ1) is 27.5. The van der Waals surface area contributed by atoms with Crippen LogP contribution in [0, 0.1) is 11.6 Å². The number of nitrogens with zero attached hydrogens (tertiary/aromatic N) is 2. The average molecular weight is 741 g/mol. The monoisotopic (exact) mass is 740 g/mol. The summed E-state index contributed by atoms with van der Waals surface area (Å²) in [5.74, 6) is -0.661. The molecule has 13 rings (SSSR count). The van der Waals surface area contributed by atoms with Crippen LogP contribution in [0.4, 0.5) is 42.9 Å². The molecular formula is C50H27F2N2OP. The van der Waals surface area contributed by atoms with Crippen molar-refractivity contribution in [1.82, 2.24) is 0 Å². The Morgan fingerprint density at radius 1 is 0.393 bits per heavy atom. The molecule has 0 unspecified atom stereocenters. The smallest absolute Gasteiger partial charge is 0.179 e. The molecule has 0 bridgehead atoms. The Balaban J connectivity index is 1.25. The van der Waals surface area contributed by atoms with Crippen LogP contribution in [-0.2, 0) is 4.57 Å². The van der Waals surface area contributed by atoms with Gasteiger partial charge in [-0.15, -0.1) is 0 Å². The molecule has 3 nitrogen and oxygen atoms in total. The van der Waals surface area contributed by atoms with Crippen molar-refractivity contribution in [2.75, 3.05) is 9.80 Å². The minimum Gasteiger partial charge on any atom is -0.308 e. The van der Waals surface area contributed by atoms with E-state index in [4.69, 9.17) is 0 Å². The third kappa shape index (κ3) is 3.69. The van der Waals surface area contributed by atoms with Crippen molar-refractivity contribution >= 4 is 122 Å². The van der Waals surface area contributed by atoms with Crippen LogP contribution in [0.5, 0.6) is 0 Å². The molecule has 2 aliphatic heterocycles. The highest BCUT2D eigenvalue weighted by Crippen LogP contribution is 2.64. The van der Waals surface area contributed by atoms with E-state index in [1.807, 2.05) is 18.2 Å². The van der Waals surface area contributed by atoms with E-state index in [2.05, 4.69) is 107 Å². The van der Waals surface area contributed by atoms with Gasteiger partial charge in [0.2, 0.25) is 0 Å². The van der Waals surface area contributed by atoms with Gasteiger partial charge in [0, 0.05) is 32.8 Å². The van der Waals surface area contributed by atoms with E-state index in [-0.39, 0.29) is 11.6 Å². The lowest BCUT2D eigenvalue weighted by Crippen LogP contribution is -2.43. The van der Waals surface area contributed by atoms with Crippen LogP contribution in [0.15, 0.2) is 164 Å². The Morgan fingerprint density at radius 2 is 0.768 bits per heavy atom. The second kappa shape index (κ2) is 10.5. The molecule has 0 saturated carbocycles. The fourth-order valence-electron chi connectivity index (χ4n) is 10.0. The van der Waals surface area contributed by atoms with Crippen LogP contribution in [0.1, 0.15) is 0 Å². The molecule has 0 N–H and O–H groups in total. The van der Waals surface area contributed by atoms with Crippen molar-refractivity contribution in [3.8, 4) is 0 Å². The second-order valence-electron chi connectivity index (χ2n) is 15.1. The fraction of sp³-hybridized carbons (Fsp3) is 0. The van der Waals surface area contributed by atoms with E-state index >= 15 is 4.57 Å². The molecular weight excluding hydrogens is 714 g/mol. The Labute approximate surface area is 319 Å². The van der Waals surface area contributed by atoms with Crippen LogP contribution < -0.4 is 25.7 Å². The van der Waals surface area contributed by atoms with Crippen molar-refractivity contribution < 1.29 is 13.3 Å². The Hall–Kier alpha value is -6.81. The summed E-state index contributed by atoms with van der Waals surface area (Å²) in [4.78, 5) is 4.35. The maximum Gasteiger partial charge on any atom is 0.179 e. The average Bonchev–Trinajstić information content (AvgIpc) is 3.23. The molecule has 11 aromatic rings. The van der Waals surface area contributed by atoms with E-state index in [9.17, 15) is 8.78 Å². The van der Waals surface area contributed by atoms with Crippen molar-refractivity contribution in [3.63, 3.8) is 0 Å². The number of fused-ring (bicyclic) bond motifs is 6. The van der Waals surface area contributed by atoms with Crippen LogP contribution in [0.3, 0.4) is 0 Å². The van der Waals surface area contributed by atoms with E-state index < -0.39 is 7.14 Å². The molecule has 0 aliphatic carbocycles. The van der Waals surface area contributed by atoms with Gasteiger partial charge in [0.15, 0.2) is 7.14 Å². The summed E-state index contributed by atoms with van der Waals surface area (Å²) in [5, 5.41) is 15.3. The molecule has 2 aliphatic rings. The molecule has 11 aromatic carbocycles. The number of anilines is 6. The van der Waals surface area contributed by atoms with E-state index in [0.717, 1.165) is 109 Å². The lowest BCUT2D eigenvalue weighted by Gasteiger charge is -2.45. The van der Waals surface area contributed by atoms with Gasteiger partial charge in [0.1, 0.15) is 11.6 Å². The SMILES string of the molecule is O=P12c3cc4ccc5cccc6ccc(c3N(c3ccc(F)cc3)c3cccc(c31)N(c1ccc(F)cc1)c1c2cc2ccc3cccc7ccc1c2c37)c4c56. The highest BCUT2D eigenvalue weighted by molar-refractivity contribution is 7.86. The first kappa shape index (κ1) is 30.5. The lowest BCUT2D eigenvalue weighted by atomic mass is 9.92. The van der Waals surface area contributed by atoms with Gasteiger partial charge in [-0.05, 0) is 127 Å². The maximum atomic E-state index is 17.4. The van der Waals surface area contributed by atoms with Gasteiger partial charge in [-0.25, -0.2) is 8.78 Å². The highest BCUT2D eigenvalue weighted by atomic mass is 31.2. The summed E-state index contributed by atoms with van der Waals surface area (Å²) in [6.45, 7) is 0. The van der Waals surface area contributed by atoms with Gasteiger partial charge < -0.3 is 14.4 Å². The fourth-order valence-corrected chi connectivity index (χ4v) is 13.5. The van der Waals surface area contributed by atoms with Crippen LogP contribution in [-0.4, -0.2) is 0 Å². The third-order valence-corrected chi connectivity index (χ3v) is 15.4. The molecule has 0 radical (unpaired) electrons. The second-order valence-corrected chi connectivity index (χ2v) is 17.7. The summed E-state index contributed by atoms with van der Waals surface area (Å²) in [5.41, 5.74) is 4.72. The molecule has 0 amide bonds. The summed E-state index contributed by atoms with van der Waals surface area (Å²) in [6.07, 6.45) is 0. The van der Waals surface area contributed by atoms with Crippen molar-refractivity contribution in [2.45, 2.75) is 0 Å². The van der Waals surface area contributed by atoms with E-state index in [1.54, 1.807) is 24.3 Å². The zero-order chi connectivity index (χ0) is 37.0. The normalized spacial score (nSPS) is 14.4. The van der Waals surface area contributed by atoms with Crippen molar-refractivity contribution in [1.29, 1.82) is 0 Å². The van der Waals surface area contributed by atoms with Gasteiger partial charge in [0.25, 0.3) is 0 Å². The minimum atomic E-state index is -3.72. The number of rotatable bonds is 2. The van der Waals surface area contributed by atoms with Crippen LogP contribution >= 0.6 is 7.14 Å². The minimum absolute atomic E-state index is 0.330. The molecule has 6 heteroatoms. The molecule has 262 valence electrons. The molecule has 0 saturated heterocycles. The van der Waals surface area contributed by atoms with E-state index in [1.165, 1.54) is 24.3 Å². The lowest BCUT2D eigenvalue weighted by molar-refractivity contribution is 0.592. The zero-order valence-electron chi connectivity index (χ0n) is 29.6. The van der Waals surface area contributed by atoms with E-state index in [0.29, 0.717) is 5.30 Å². The molecule has 0 atom stereocenters. The largest absolute Gasteiger partial charge is 0.308 e. The predicted octanol–water partition coefficient (Wildman–Crippen LogP) is 13.0. The van der Waals surface area contributed by atoms with Crippen LogP contribution in [0.25, 0.3) is 64.6 Å². The van der Waals surface area contributed by atoms with Gasteiger partial charge in [-0.1, -0.05) is 91.0 Å². The first-order valence-electron chi connectivity index (χ1n) is 18.7. The quantitative estimate of drug-likeness (QED) is 0.130. The third-order valence-electron chi connectivity index (χ3n) is 12.3. The van der Waals surface area contributed by atoms with Crippen molar-refractivity contribution in [2.24, 2.45) is 0 Å². The molecule has 56 heavy (non-hydrogen) atoms. The summed E-state index contributed by atoms with van der Waals surface area (Å²) in [6, 6.07) is 53.5. The molecule has 0 fully saturated rings. The summed E-state index contributed by atoms with van der Waals surface area (Å²) >= 11 is 0. The number of hydrogen-bond donors (Lipinski definition) is 0. The molecule has 0 spiro atoms. The van der Waals surface area contributed by atoms with Crippen molar-refractivity contribution in [3.05, 3.63) is 175 Å². The molecule has 0 aromatic heterocycles. The van der Waals surface area contributed by atoms with Crippen LogP contribution in [0.2, 0.25) is 0 Å². The highest BCUT2D eigenvalue weighted by Gasteiger charge is 2.50. The number of hydrogen-bond acceptors (Lipinski definition) is 3. The zero-order valence-corrected chi connectivity index (χ0v) is 30.5. The number of benzene rings is 11. The summed E-state index contributed by atoms with van der Waals surface area (Å²) < 4.78 is 46.7. The van der Waals surface area contributed by atoms with Gasteiger partial charge in [-0.3, -0.25) is 0 Å². The summed E-state index contributed by atoms with van der Waals surface area (Å²) in [7, 11) is -3.72. The topological polar surface area (TPSA) is 23.6 Å². The molecule has 2 heterocycles. The Morgan fingerprint density at radius 3 is 1.20 bits per heavy atom. The Bertz CT molecular complexity index is 3280. The van der Waals surface area contributed by atoms with Gasteiger partial charge in [-0.2, -0.15) is 0 Å². The standard InChI is InChI=1S/C50H27F2N2OP/c51-34-16-20-36(21-17-34)53-40-8-3-9-41-50(40)56(55,42-26-32-12-10-28-4-1-6-30-14-24-38(48(42)53)46(32)44(28)30)43-27-33-13-11-29-5-2-7-31-15-25-39(47(33)45(29)31)49(43)54(41)37-22-18-35(52)19-23-37/h1-27H. The Kier molecular flexibility index (Phi) is 5.71.